The van der Waals surface area contributed by atoms with Gasteiger partial charge in [0.2, 0.25) is 5.88 Å². The molecule has 8 nitrogen and oxygen atoms in total. The van der Waals surface area contributed by atoms with E-state index in [2.05, 4.69) is 20.3 Å². The van der Waals surface area contributed by atoms with Crippen molar-refractivity contribution in [3.05, 3.63) is 64.1 Å². The van der Waals surface area contributed by atoms with Gasteiger partial charge < -0.3 is 19.8 Å². The lowest BCUT2D eigenvalue weighted by Crippen LogP contribution is -2.27. The third-order valence-electron chi connectivity index (χ3n) is 4.63. The molecule has 0 radical (unpaired) electrons. The average molecular weight is 398 g/mol. The molecule has 2 aromatic heterocycles. The second-order valence-electron chi connectivity index (χ2n) is 6.80. The van der Waals surface area contributed by atoms with Crippen molar-refractivity contribution in [2.75, 3.05) is 19.8 Å². The largest absolute Gasteiger partial charge is 0.477 e. The van der Waals surface area contributed by atoms with Crippen LogP contribution in [0.3, 0.4) is 0 Å². The van der Waals surface area contributed by atoms with E-state index in [-0.39, 0.29) is 23.3 Å². The van der Waals surface area contributed by atoms with Crippen molar-refractivity contribution in [2.45, 2.75) is 13.0 Å². The van der Waals surface area contributed by atoms with Gasteiger partial charge in [0.05, 0.1) is 24.1 Å². The molecule has 1 aromatic carbocycles. The van der Waals surface area contributed by atoms with E-state index in [1.54, 1.807) is 18.3 Å². The molecule has 150 valence electrons. The molecule has 29 heavy (non-hydrogen) atoms. The van der Waals surface area contributed by atoms with Crippen LogP contribution in [0.25, 0.3) is 10.9 Å². The first-order valence-corrected chi connectivity index (χ1v) is 9.22. The number of carbonyl (C=O) groups is 1. The number of pyridine rings is 1. The van der Waals surface area contributed by atoms with Gasteiger partial charge in [-0.25, -0.2) is 14.4 Å². The van der Waals surface area contributed by atoms with Gasteiger partial charge in [0.15, 0.2) is 5.82 Å². The van der Waals surface area contributed by atoms with E-state index >= 15 is 0 Å². The average Bonchev–Trinajstić information content (AvgIpc) is 3.25. The highest BCUT2D eigenvalue weighted by atomic mass is 19.1. The molecule has 0 bridgehead atoms. The van der Waals surface area contributed by atoms with Crippen molar-refractivity contribution < 1.29 is 18.7 Å². The van der Waals surface area contributed by atoms with Gasteiger partial charge in [0, 0.05) is 31.3 Å². The Morgan fingerprint density at radius 2 is 2.24 bits per heavy atom. The molecule has 1 unspecified atom stereocenters. The summed E-state index contributed by atoms with van der Waals surface area (Å²) >= 11 is 0. The summed E-state index contributed by atoms with van der Waals surface area (Å²) in [5.41, 5.74) is 0.460. The van der Waals surface area contributed by atoms with Crippen molar-refractivity contribution in [1.82, 2.24) is 20.3 Å². The van der Waals surface area contributed by atoms with Crippen LogP contribution in [0.1, 0.15) is 22.6 Å². The van der Waals surface area contributed by atoms with Gasteiger partial charge in [-0.2, -0.15) is 0 Å². The second kappa shape index (κ2) is 8.36. The smallest absolute Gasteiger partial charge is 0.287 e. The number of H-pyrrole nitrogens is 1. The van der Waals surface area contributed by atoms with E-state index in [0.29, 0.717) is 25.0 Å². The Morgan fingerprint density at radius 1 is 1.34 bits per heavy atom. The summed E-state index contributed by atoms with van der Waals surface area (Å²) < 4.78 is 24.3. The van der Waals surface area contributed by atoms with E-state index in [4.69, 9.17) is 9.47 Å². The number of ether oxygens (including phenoxy) is 2. The van der Waals surface area contributed by atoms with Gasteiger partial charge >= 0.3 is 0 Å². The Hall–Kier alpha value is -3.33. The van der Waals surface area contributed by atoms with Crippen LogP contribution in [0.4, 0.5) is 4.39 Å². The molecule has 3 aromatic rings. The summed E-state index contributed by atoms with van der Waals surface area (Å²) in [5, 5.41) is 2.78. The van der Waals surface area contributed by atoms with Crippen LogP contribution in [0.5, 0.6) is 5.88 Å². The molecule has 1 aliphatic rings. The van der Waals surface area contributed by atoms with Crippen LogP contribution in [-0.2, 0) is 11.3 Å². The number of carbonyl (C=O) groups excluding carboxylic acids is 1. The minimum absolute atomic E-state index is 0.0881. The van der Waals surface area contributed by atoms with Crippen LogP contribution in [0, 0.1) is 11.7 Å². The summed E-state index contributed by atoms with van der Waals surface area (Å²) in [5.74, 6) is -0.387. The van der Waals surface area contributed by atoms with Gasteiger partial charge in [-0.1, -0.05) is 0 Å². The predicted octanol–water partition coefficient (Wildman–Crippen LogP) is 1.80. The minimum Gasteiger partial charge on any atom is -0.477 e. The molecule has 2 N–H and O–H groups in total. The predicted molar refractivity (Wildman–Crippen MR) is 102 cm³/mol. The van der Waals surface area contributed by atoms with Crippen LogP contribution in [0.15, 0.2) is 41.3 Å². The van der Waals surface area contributed by atoms with Crippen LogP contribution >= 0.6 is 0 Å². The van der Waals surface area contributed by atoms with Crippen molar-refractivity contribution >= 4 is 16.8 Å². The van der Waals surface area contributed by atoms with Crippen molar-refractivity contribution in [3.63, 3.8) is 0 Å². The summed E-state index contributed by atoms with van der Waals surface area (Å²) in [7, 11) is 0. The standard InChI is InChI=1S/C20H19FN4O4/c21-14-1-2-16-15(8-14)19(26)25-18(24-16)20(27)23-9-12-3-5-22-17(7-12)29-11-13-4-6-28-10-13/h1-3,5,7-8,13H,4,6,9-11H2,(H,23,27)(H,24,25,26). The lowest BCUT2D eigenvalue weighted by molar-refractivity contribution is 0.0940. The molecule has 0 saturated carbocycles. The lowest BCUT2D eigenvalue weighted by atomic mass is 10.1. The molecule has 4 rings (SSSR count). The zero-order valence-corrected chi connectivity index (χ0v) is 15.5. The molecule has 1 amide bonds. The third kappa shape index (κ3) is 4.57. The zero-order chi connectivity index (χ0) is 20.2. The molecule has 1 aliphatic heterocycles. The van der Waals surface area contributed by atoms with Gasteiger partial charge in [-0.05, 0) is 36.2 Å². The molecule has 1 saturated heterocycles. The van der Waals surface area contributed by atoms with Crippen molar-refractivity contribution in [3.8, 4) is 5.88 Å². The number of aromatic nitrogens is 3. The SMILES string of the molecule is O=C(NCc1ccnc(OCC2CCOC2)c1)c1nc2ccc(F)cc2c(=O)[nH]1. The Bertz CT molecular complexity index is 1100. The number of amides is 1. The number of fused-ring (bicyclic) bond motifs is 1. The highest BCUT2D eigenvalue weighted by Crippen LogP contribution is 2.16. The summed E-state index contributed by atoms with van der Waals surface area (Å²) in [6.07, 6.45) is 2.58. The molecule has 1 atom stereocenters. The number of aromatic amines is 1. The Kier molecular flexibility index (Phi) is 5.48. The fraction of sp³-hybridized carbons (Fsp3) is 0.300. The maximum Gasteiger partial charge on any atom is 0.287 e. The quantitative estimate of drug-likeness (QED) is 0.656. The molecular formula is C20H19FN4O4. The zero-order valence-electron chi connectivity index (χ0n) is 15.5. The Morgan fingerprint density at radius 3 is 3.07 bits per heavy atom. The van der Waals surface area contributed by atoms with Crippen LogP contribution in [-0.4, -0.2) is 40.7 Å². The highest BCUT2D eigenvalue weighted by molar-refractivity contribution is 5.92. The molecular weight excluding hydrogens is 379 g/mol. The first kappa shape index (κ1) is 19.0. The number of halogens is 1. The summed E-state index contributed by atoms with van der Waals surface area (Å²) in [6, 6.07) is 7.13. The van der Waals surface area contributed by atoms with Crippen molar-refractivity contribution in [2.24, 2.45) is 5.92 Å². The fourth-order valence-electron chi connectivity index (χ4n) is 3.04. The highest BCUT2D eigenvalue weighted by Gasteiger charge is 2.16. The lowest BCUT2D eigenvalue weighted by Gasteiger charge is -2.11. The number of nitrogens with one attached hydrogen (secondary N) is 2. The van der Waals surface area contributed by atoms with E-state index in [1.807, 2.05) is 0 Å². The van der Waals surface area contributed by atoms with Crippen LogP contribution < -0.4 is 15.6 Å². The van der Waals surface area contributed by atoms with Gasteiger partial charge in [0.1, 0.15) is 5.82 Å². The van der Waals surface area contributed by atoms with Gasteiger partial charge in [-0.3, -0.25) is 9.59 Å². The third-order valence-corrected chi connectivity index (χ3v) is 4.63. The van der Waals surface area contributed by atoms with Gasteiger partial charge in [0.25, 0.3) is 11.5 Å². The monoisotopic (exact) mass is 398 g/mol. The van der Waals surface area contributed by atoms with Gasteiger partial charge in [-0.15, -0.1) is 0 Å². The first-order valence-electron chi connectivity index (χ1n) is 9.22. The number of nitrogens with zero attached hydrogens (tertiary/aromatic N) is 2. The van der Waals surface area contributed by atoms with E-state index in [9.17, 15) is 14.0 Å². The second-order valence-corrected chi connectivity index (χ2v) is 6.80. The maximum atomic E-state index is 13.3. The normalized spacial score (nSPS) is 16.1. The van der Waals surface area contributed by atoms with E-state index in [1.165, 1.54) is 12.1 Å². The molecule has 3 heterocycles. The maximum absolute atomic E-state index is 13.3. The molecule has 1 fully saturated rings. The number of benzene rings is 1. The Balaban J connectivity index is 1.40. The van der Waals surface area contributed by atoms with E-state index in [0.717, 1.165) is 24.7 Å². The molecule has 9 heteroatoms. The first-order chi connectivity index (χ1) is 14.1. The number of hydrogen-bond donors (Lipinski definition) is 2. The molecule has 0 aliphatic carbocycles. The topological polar surface area (TPSA) is 106 Å². The van der Waals surface area contributed by atoms with Crippen molar-refractivity contribution in [1.29, 1.82) is 0 Å². The summed E-state index contributed by atoms with van der Waals surface area (Å²) in [6.45, 7) is 2.19. The minimum atomic E-state index is -0.574. The van der Waals surface area contributed by atoms with Crippen LogP contribution in [0.2, 0.25) is 0 Å². The molecule has 0 spiro atoms. The fourth-order valence-corrected chi connectivity index (χ4v) is 3.04. The Labute approximate surface area is 165 Å². The summed E-state index contributed by atoms with van der Waals surface area (Å²) in [4.78, 5) is 35.1. The number of hydrogen-bond acceptors (Lipinski definition) is 6. The van der Waals surface area contributed by atoms with E-state index < -0.39 is 17.3 Å². The number of rotatable bonds is 6.